The van der Waals surface area contributed by atoms with E-state index in [4.69, 9.17) is 4.74 Å². The maximum absolute atomic E-state index is 5.85. The van der Waals surface area contributed by atoms with E-state index >= 15 is 0 Å². The third kappa shape index (κ3) is 4.35. The molecule has 3 nitrogen and oxygen atoms in total. The van der Waals surface area contributed by atoms with Crippen molar-refractivity contribution in [1.82, 2.24) is 10.3 Å². The summed E-state index contributed by atoms with van der Waals surface area (Å²) in [6.45, 7) is 9.12. The van der Waals surface area contributed by atoms with E-state index in [1.165, 1.54) is 11.1 Å². The number of nitrogens with one attached hydrogen (secondary N) is 1. The molecule has 1 aromatic carbocycles. The minimum absolute atomic E-state index is 0.445. The topological polar surface area (TPSA) is 34.1 Å². The quantitative estimate of drug-likeness (QED) is 0.892. The standard InChI is InChI=1S/C17H22N2O/c1-12(2)18-11-15-6-5-7-17(19-15)20-16-9-13(3)8-14(4)10-16/h5-10,12,18H,11H2,1-4H3. The van der Waals surface area contributed by atoms with Gasteiger partial charge >= 0.3 is 0 Å². The Morgan fingerprint density at radius 1 is 1.10 bits per heavy atom. The lowest BCUT2D eigenvalue weighted by Crippen LogP contribution is -2.22. The van der Waals surface area contributed by atoms with Crippen LogP contribution in [0.15, 0.2) is 36.4 Å². The first-order valence-corrected chi connectivity index (χ1v) is 6.98. The molecule has 1 N–H and O–H groups in total. The lowest BCUT2D eigenvalue weighted by atomic mass is 10.1. The van der Waals surface area contributed by atoms with Crippen LogP contribution in [0.5, 0.6) is 11.6 Å². The number of rotatable bonds is 5. The molecule has 0 unspecified atom stereocenters. The highest BCUT2D eigenvalue weighted by atomic mass is 16.5. The molecule has 106 valence electrons. The number of hydrogen-bond acceptors (Lipinski definition) is 3. The maximum atomic E-state index is 5.85. The van der Waals surface area contributed by atoms with Crippen LogP contribution in [0.3, 0.4) is 0 Å². The zero-order chi connectivity index (χ0) is 14.5. The highest BCUT2D eigenvalue weighted by molar-refractivity contribution is 5.35. The van der Waals surface area contributed by atoms with Crippen molar-refractivity contribution < 1.29 is 4.74 Å². The van der Waals surface area contributed by atoms with E-state index in [-0.39, 0.29) is 0 Å². The first-order valence-electron chi connectivity index (χ1n) is 6.98. The van der Waals surface area contributed by atoms with Crippen LogP contribution in [0, 0.1) is 13.8 Å². The highest BCUT2D eigenvalue weighted by Gasteiger charge is 2.03. The molecule has 3 heteroatoms. The molecule has 2 aromatic rings. The van der Waals surface area contributed by atoms with Gasteiger partial charge in [0, 0.05) is 18.7 Å². The maximum Gasteiger partial charge on any atom is 0.219 e. The third-order valence-corrected chi connectivity index (χ3v) is 2.89. The Balaban J connectivity index is 2.11. The van der Waals surface area contributed by atoms with Crippen molar-refractivity contribution in [2.24, 2.45) is 0 Å². The third-order valence-electron chi connectivity index (χ3n) is 2.89. The Labute approximate surface area is 121 Å². The molecule has 0 atom stereocenters. The van der Waals surface area contributed by atoms with Crippen molar-refractivity contribution in [3.8, 4) is 11.6 Å². The molecule has 0 amide bonds. The monoisotopic (exact) mass is 270 g/mol. The number of aromatic nitrogens is 1. The van der Waals surface area contributed by atoms with Gasteiger partial charge in [-0.05, 0) is 43.2 Å². The summed E-state index contributed by atoms with van der Waals surface area (Å²) >= 11 is 0. The molecule has 0 fully saturated rings. The van der Waals surface area contributed by atoms with Gasteiger partial charge in [0.2, 0.25) is 5.88 Å². The molecule has 20 heavy (non-hydrogen) atoms. The lowest BCUT2D eigenvalue weighted by Gasteiger charge is -2.10. The fourth-order valence-electron chi connectivity index (χ4n) is 2.03. The summed E-state index contributed by atoms with van der Waals surface area (Å²) in [5, 5.41) is 3.35. The van der Waals surface area contributed by atoms with E-state index in [1.54, 1.807) is 0 Å². The molecule has 0 spiro atoms. The molecule has 0 aliphatic heterocycles. The van der Waals surface area contributed by atoms with Gasteiger partial charge in [0.25, 0.3) is 0 Å². The molecule has 0 bridgehead atoms. The van der Waals surface area contributed by atoms with Crippen LogP contribution in [0.1, 0.15) is 30.7 Å². The van der Waals surface area contributed by atoms with Crippen molar-refractivity contribution in [2.45, 2.75) is 40.3 Å². The molecule has 1 aromatic heterocycles. The van der Waals surface area contributed by atoms with Crippen LogP contribution in [0.25, 0.3) is 0 Å². The van der Waals surface area contributed by atoms with E-state index in [0.29, 0.717) is 11.9 Å². The Bertz CT molecular complexity index is 559. The van der Waals surface area contributed by atoms with Crippen LogP contribution in [0.4, 0.5) is 0 Å². The summed E-state index contributed by atoms with van der Waals surface area (Å²) in [7, 11) is 0. The minimum atomic E-state index is 0.445. The van der Waals surface area contributed by atoms with Crippen molar-refractivity contribution >= 4 is 0 Å². The largest absolute Gasteiger partial charge is 0.439 e. The Hall–Kier alpha value is -1.87. The SMILES string of the molecule is Cc1cc(C)cc(Oc2cccc(CNC(C)C)n2)c1. The van der Waals surface area contributed by atoms with Gasteiger partial charge in [-0.25, -0.2) is 4.98 Å². The highest BCUT2D eigenvalue weighted by Crippen LogP contribution is 2.22. The number of pyridine rings is 1. The molecular formula is C17H22N2O. The second-order valence-electron chi connectivity index (χ2n) is 5.43. The molecule has 2 rings (SSSR count). The Kier molecular flexibility index (Phi) is 4.74. The van der Waals surface area contributed by atoms with Crippen LogP contribution in [0.2, 0.25) is 0 Å². The molecule has 0 radical (unpaired) electrons. The molecular weight excluding hydrogens is 248 g/mol. The predicted octanol–water partition coefficient (Wildman–Crippen LogP) is 3.99. The Morgan fingerprint density at radius 2 is 1.80 bits per heavy atom. The van der Waals surface area contributed by atoms with Crippen molar-refractivity contribution in [3.05, 3.63) is 53.2 Å². The lowest BCUT2D eigenvalue weighted by molar-refractivity contribution is 0.457. The fourth-order valence-corrected chi connectivity index (χ4v) is 2.03. The average molecular weight is 270 g/mol. The van der Waals surface area contributed by atoms with Gasteiger partial charge in [0.1, 0.15) is 5.75 Å². The van der Waals surface area contributed by atoms with Gasteiger partial charge in [-0.15, -0.1) is 0 Å². The van der Waals surface area contributed by atoms with Gasteiger partial charge in [-0.2, -0.15) is 0 Å². The first-order chi connectivity index (χ1) is 9.52. The number of hydrogen-bond donors (Lipinski definition) is 1. The summed E-state index contributed by atoms with van der Waals surface area (Å²) in [6.07, 6.45) is 0. The molecule has 0 aliphatic carbocycles. The summed E-state index contributed by atoms with van der Waals surface area (Å²) in [5.74, 6) is 1.47. The van der Waals surface area contributed by atoms with Gasteiger partial charge < -0.3 is 10.1 Å². The van der Waals surface area contributed by atoms with Crippen molar-refractivity contribution in [1.29, 1.82) is 0 Å². The van der Waals surface area contributed by atoms with E-state index in [9.17, 15) is 0 Å². The van der Waals surface area contributed by atoms with Crippen LogP contribution < -0.4 is 10.1 Å². The number of aryl methyl sites for hydroxylation is 2. The normalized spacial score (nSPS) is 10.8. The van der Waals surface area contributed by atoms with Gasteiger partial charge in [-0.3, -0.25) is 0 Å². The average Bonchev–Trinajstić information content (AvgIpc) is 2.35. The van der Waals surface area contributed by atoms with Crippen LogP contribution in [-0.2, 0) is 6.54 Å². The zero-order valence-electron chi connectivity index (χ0n) is 12.6. The second kappa shape index (κ2) is 6.53. The van der Waals surface area contributed by atoms with Gasteiger partial charge in [0.15, 0.2) is 0 Å². The summed E-state index contributed by atoms with van der Waals surface area (Å²) in [4.78, 5) is 4.51. The number of ether oxygens (including phenoxy) is 1. The predicted molar refractivity (Wildman–Crippen MR) is 82.2 cm³/mol. The summed E-state index contributed by atoms with van der Waals surface area (Å²) in [6, 6.07) is 12.5. The van der Waals surface area contributed by atoms with E-state index in [1.807, 2.05) is 30.3 Å². The number of nitrogens with zero attached hydrogens (tertiary/aromatic N) is 1. The van der Waals surface area contributed by atoms with E-state index < -0.39 is 0 Å². The van der Waals surface area contributed by atoms with E-state index in [0.717, 1.165) is 18.0 Å². The Morgan fingerprint density at radius 3 is 2.45 bits per heavy atom. The van der Waals surface area contributed by atoms with Crippen LogP contribution >= 0.6 is 0 Å². The van der Waals surface area contributed by atoms with Crippen molar-refractivity contribution in [2.75, 3.05) is 0 Å². The van der Waals surface area contributed by atoms with Gasteiger partial charge in [-0.1, -0.05) is 26.0 Å². The fraction of sp³-hybridized carbons (Fsp3) is 0.353. The molecule has 1 heterocycles. The molecule has 0 saturated heterocycles. The summed E-state index contributed by atoms with van der Waals surface area (Å²) < 4.78 is 5.85. The first kappa shape index (κ1) is 14.5. The van der Waals surface area contributed by atoms with Crippen LogP contribution in [-0.4, -0.2) is 11.0 Å². The molecule has 0 saturated carbocycles. The summed E-state index contributed by atoms with van der Waals surface area (Å²) in [5.41, 5.74) is 3.37. The second-order valence-corrected chi connectivity index (χ2v) is 5.43. The van der Waals surface area contributed by atoms with Gasteiger partial charge in [0.05, 0.1) is 5.69 Å². The zero-order valence-corrected chi connectivity index (χ0v) is 12.6. The van der Waals surface area contributed by atoms with E-state index in [2.05, 4.69) is 44.1 Å². The smallest absolute Gasteiger partial charge is 0.219 e. The minimum Gasteiger partial charge on any atom is -0.439 e. The molecule has 0 aliphatic rings. The van der Waals surface area contributed by atoms with Crippen molar-refractivity contribution in [3.63, 3.8) is 0 Å². The number of benzene rings is 1.